The van der Waals surface area contributed by atoms with Crippen LogP contribution < -0.4 is 10.2 Å². The third-order valence-corrected chi connectivity index (χ3v) is 8.31. The highest BCUT2D eigenvalue weighted by Crippen LogP contribution is 2.61. The highest BCUT2D eigenvalue weighted by molar-refractivity contribution is 6.26. The van der Waals surface area contributed by atoms with E-state index in [0.29, 0.717) is 5.69 Å². The summed E-state index contributed by atoms with van der Waals surface area (Å²) in [4.78, 5) is 45.2. The molecule has 1 spiro atoms. The van der Waals surface area contributed by atoms with E-state index < -0.39 is 17.4 Å². The van der Waals surface area contributed by atoms with Gasteiger partial charge in [0.1, 0.15) is 5.54 Å². The van der Waals surface area contributed by atoms with E-state index in [1.165, 1.54) is 4.90 Å². The molecular weight excluding hydrogens is 402 g/mol. The number of fused-ring (bicyclic) bond motifs is 7. The van der Waals surface area contributed by atoms with Crippen LogP contribution in [0.3, 0.4) is 0 Å². The molecule has 6 heteroatoms. The number of nitrogens with one attached hydrogen (secondary N) is 1. The van der Waals surface area contributed by atoms with Gasteiger partial charge in [0.2, 0.25) is 17.7 Å². The van der Waals surface area contributed by atoms with Crippen molar-refractivity contribution in [2.75, 3.05) is 16.8 Å². The molecule has 2 aromatic carbocycles. The fourth-order valence-corrected chi connectivity index (χ4v) is 6.80. The Bertz CT molecular complexity index is 1200. The van der Waals surface area contributed by atoms with E-state index in [1.807, 2.05) is 50.2 Å². The Morgan fingerprint density at radius 1 is 1.06 bits per heavy atom. The van der Waals surface area contributed by atoms with E-state index in [9.17, 15) is 14.4 Å². The fraction of sp³-hybridized carbons (Fsp3) is 0.423. The van der Waals surface area contributed by atoms with Gasteiger partial charge in [0.05, 0.1) is 17.5 Å². The van der Waals surface area contributed by atoms with E-state index in [4.69, 9.17) is 0 Å². The molecule has 0 aliphatic carbocycles. The molecule has 32 heavy (non-hydrogen) atoms. The van der Waals surface area contributed by atoms with Gasteiger partial charge in [0, 0.05) is 17.3 Å². The van der Waals surface area contributed by atoms with Crippen molar-refractivity contribution in [3.8, 4) is 0 Å². The van der Waals surface area contributed by atoms with Gasteiger partial charge in [0.15, 0.2) is 0 Å². The normalized spacial score (nSPS) is 30.8. The fourth-order valence-electron chi connectivity index (χ4n) is 6.80. The minimum absolute atomic E-state index is 0.0893. The van der Waals surface area contributed by atoms with Crippen molar-refractivity contribution < 1.29 is 14.4 Å². The van der Waals surface area contributed by atoms with Crippen LogP contribution in [-0.4, -0.2) is 35.2 Å². The number of imide groups is 1. The summed E-state index contributed by atoms with van der Waals surface area (Å²) in [6, 6.07) is 11.6. The van der Waals surface area contributed by atoms with E-state index in [1.54, 1.807) is 0 Å². The van der Waals surface area contributed by atoms with Crippen molar-refractivity contribution in [1.29, 1.82) is 0 Å². The first-order valence-electron chi connectivity index (χ1n) is 11.6. The molecule has 164 valence electrons. The van der Waals surface area contributed by atoms with E-state index >= 15 is 0 Å². The lowest BCUT2D eigenvalue weighted by molar-refractivity contribution is -0.135. The molecule has 4 atom stereocenters. The van der Waals surface area contributed by atoms with Gasteiger partial charge in [-0.25, -0.2) is 4.90 Å². The number of aryl methyl sites for hydroxylation is 2. The Balaban J connectivity index is 1.57. The lowest BCUT2D eigenvalue weighted by atomic mass is 9.75. The number of hydrogen-bond donors (Lipinski definition) is 1. The van der Waals surface area contributed by atoms with Crippen LogP contribution in [-0.2, 0) is 26.3 Å². The number of amides is 3. The molecule has 0 bridgehead atoms. The average Bonchev–Trinajstić information content (AvgIpc) is 3.49. The number of para-hydroxylation sites is 1. The Hall–Kier alpha value is -2.99. The minimum Gasteiger partial charge on any atom is -0.324 e. The highest BCUT2D eigenvalue weighted by Gasteiger charge is 2.74. The van der Waals surface area contributed by atoms with Crippen LogP contribution in [0.4, 0.5) is 11.4 Å². The Kier molecular flexibility index (Phi) is 4.01. The maximum atomic E-state index is 14.1. The summed E-state index contributed by atoms with van der Waals surface area (Å²) in [5, 5.41) is 3.12. The van der Waals surface area contributed by atoms with Gasteiger partial charge in [-0.05, 0) is 62.4 Å². The molecule has 3 saturated heterocycles. The molecule has 0 aromatic heterocycles. The van der Waals surface area contributed by atoms with Crippen LogP contribution in [0.1, 0.15) is 42.0 Å². The molecule has 0 unspecified atom stereocenters. The monoisotopic (exact) mass is 429 g/mol. The standard InChI is InChI=1S/C26H27N3O3/c1-4-16-9-6-10-17-22(16)27-25(32)26(17)21-20(19-12-7-13-28(19)26)23(30)29(24(21)31)18-11-5-8-14(2)15(18)3/h5-6,8-11,19-21H,4,7,12-13H2,1-3H3,(H,27,32)/t19-,20-,21+,26+/m1/s1. The summed E-state index contributed by atoms with van der Waals surface area (Å²) >= 11 is 0. The summed E-state index contributed by atoms with van der Waals surface area (Å²) in [5.74, 6) is -1.75. The third kappa shape index (κ3) is 2.11. The summed E-state index contributed by atoms with van der Waals surface area (Å²) in [5.41, 5.74) is 4.27. The first-order valence-corrected chi connectivity index (χ1v) is 11.6. The first-order chi connectivity index (χ1) is 15.4. The molecule has 1 N–H and O–H groups in total. The Morgan fingerprint density at radius 2 is 1.84 bits per heavy atom. The average molecular weight is 430 g/mol. The molecule has 6 rings (SSSR count). The van der Waals surface area contributed by atoms with E-state index in [2.05, 4.69) is 17.1 Å². The minimum atomic E-state index is -1.11. The largest absolute Gasteiger partial charge is 0.324 e. The van der Waals surface area contributed by atoms with Gasteiger partial charge < -0.3 is 5.32 Å². The molecule has 4 heterocycles. The molecule has 2 aromatic rings. The Morgan fingerprint density at radius 3 is 2.62 bits per heavy atom. The highest BCUT2D eigenvalue weighted by atomic mass is 16.2. The van der Waals surface area contributed by atoms with Gasteiger partial charge in [-0.15, -0.1) is 0 Å². The molecule has 4 aliphatic rings. The maximum absolute atomic E-state index is 14.1. The van der Waals surface area contributed by atoms with Crippen LogP contribution in [0.25, 0.3) is 0 Å². The zero-order valence-electron chi connectivity index (χ0n) is 18.6. The number of anilines is 2. The molecule has 6 nitrogen and oxygen atoms in total. The number of rotatable bonds is 2. The number of nitrogens with zero attached hydrogens (tertiary/aromatic N) is 2. The Labute approximate surface area is 187 Å². The SMILES string of the molecule is CCc1cccc2c1NC(=O)[C@@]21[C@@H]2C(=O)N(c3cccc(C)c3C)C(=O)[C@@H]2[C@H]2CCCN21. The van der Waals surface area contributed by atoms with Crippen LogP contribution in [0.5, 0.6) is 0 Å². The molecule has 3 amide bonds. The van der Waals surface area contributed by atoms with E-state index in [-0.39, 0.29) is 23.8 Å². The summed E-state index contributed by atoms with van der Waals surface area (Å²) in [6.07, 6.45) is 2.55. The van der Waals surface area contributed by atoms with Crippen LogP contribution in [0.2, 0.25) is 0 Å². The zero-order chi connectivity index (χ0) is 22.4. The second kappa shape index (κ2) is 6.51. The lowest BCUT2D eigenvalue weighted by Crippen LogP contribution is -2.54. The zero-order valence-corrected chi connectivity index (χ0v) is 18.6. The van der Waals surface area contributed by atoms with Gasteiger partial charge in [-0.3, -0.25) is 19.3 Å². The number of hydrogen-bond acceptors (Lipinski definition) is 4. The predicted octanol–water partition coefficient (Wildman–Crippen LogP) is 3.30. The van der Waals surface area contributed by atoms with E-state index in [0.717, 1.165) is 53.7 Å². The quantitative estimate of drug-likeness (QED) is 0.744. The van der Waals surface area contributed by atoms with Crippen molar-refractivity contribution in [2.45, 2.75) is 51.6 Å². The second-order valence-electron chi connectivity index (χ2n) is 9.55. The van der Waals surface area contributed by atoms with Crippen molar-refractivity contribution in [3.05, 3.63) is 58.7 Å². The topological polar surface area (TPSA) is 69.7 Å². The van der Waals surface area contributed by atoms with Gasteiger partial charge in [-0.2, -0.15) is 0 Å². The third-order valence-electron chi connectivity index (χ3n) is 8.31. The smallest absolute Gasteiger partial charge is 0.250 e. The first kappa shape index (κ1) is 19.7. The maximum Gasteiger partial charge on any atom is 0.250 e. The van der Waals surface area contributed by atoms with Crippen molar-refractivity contribution in [1.82, 2.24) is 4.90 Å². The van der Waals surface area contributed by atoms with Gasteiger partial charge in [-0.1, -0.05) is 37.3 Å². The predicted molar refractivity (Wildman–Crippen MR) is 121 cm³/mol. The second-order valence-corrected chi connectivity index (χ2v) is 9.55. The summed E-state index contributed by atoms with van der Waals surface area (Å²) < 4.78 is 0. The number of benzene rings is 2. The van der Waals surface area contributed by atoms with Crippen LogP contribution in [0.15, 0.2) is 36.4 Å². The molecular formula is C26H27N3O3. The summed E-state index contributed by atoms with van der Waals surface area (Å²) in [6.45, 7) is 6.72. The van der Waals surface area contributed by atoms with Crippen LogP contribution >= 0.6 is 0 Å². The lowest BCUT2D eigenvalue weighted by Gasteiger charge is -2.36. The van der Waals surface area contributed by atoms with Gasteiger partial charge >= 0.3 is 0 Å². The van der Waals surface area contributed by atoms with Gasteiger partial charge in [0.25, 0.3) is 0 Å². The van der Waals surface area contributed by atoms with Crippen LogP contribution in [0, 0.1) is 25.7 Å². The summed E-state index contributed by atoms with van der Waals surface area (Å²) in [7, 11) is 0. The van der Waals surface area contributed by atoms with Crippen molar-refractivity contribution in [2.24, 2.45) is 11.8 Å². The molecule has 3 fully saturated rings. The number of carbonyl (C=O) groups excluding carboxylic acids is 3. The molecule has 4 aliphatic heterocycles. The van der Waals surface area contributed by atoms with Crippen molar-refractivity contribution in [3.63, 3.8) is 0 Å². The molecule has 0 saturated carbocycles. The molecule has 0 radical (unpaired) electrons. The van der Waals surface area contributed by atoms with Crippen molar-refractivity contribution >= 4 is 29.1 Å². The number of carbonyl (C=O) groups is 3.